The second kappa shape index (κ2) is 11.5. The number of ether oxygens (including phenoxy) is 2. The number of carbonyl (C=O) groups excluding carboxylic acids is 1. The molecule has 0 aliphatic heterocycles. The highest BCUT2D eigenvalue weighted by Gasteiger charge is 2.51. The van der Waals surface area contributed by atoms with E-state index in [-0.39, 0.29) is 11.4 Å². The van der Waals surface area contributed by atoms with Gasteiger partial charge < -0.3 is 9.47 Å². The fourth-order valence-corrected chi connectivity index (χ4v) is 6.55. The van der Waals surface area contributed by atoms with Gasteiger partial charge in [-0.3, -0.25) is 20.2 Å². The van der Waals surface area contributed by atoms with E-state index in [1.807, 2.05) is 13.8 Å². The number of nitrogens with zero attached hydrogens (tertiary/aromatic N) is 2. The SMILES string of the molecule is CCCC1(C(OC(=O)OC(c2ccccc2[N+](=O)[O-])C2(CCC)CCC2)c2ccccc2[N+](=O)[O-])CCC1. The first kappa shape index (κ1) is 27.5. The molecule has 0 radical (unpaired) electrons. The predicted molar refractivity (Wildman–Crippen MR) is 142 cm³/mol. The van der Waals surface area contributed by atoms with E-state index in [1.165, 1.54) is 12.1 Å². The van der Waals surface area contributed by atoms with Gasteiger partial charge in [0.2, 0.25) is 0 Å². The Bertz CT molecular complexity index is 1080. The molecular formula is C29H36N2O7. The highest BCUT2D eigenvalue weighted by atomic mass is 16.7. The molecule has 0 saturated heterocycles. The van der Waals surface area contributed by atoms with Gasteiger partial charge in [-0.2, -0.15) is 0 Å². The summed E-state index contributed by atoms with van der Waals surface area (Å²) in [5, 5.41) is 23.8. The second-order valence-electron chi connectivity index (χ2n) is 10.8. The Balaban J connectivity index is 1.71. The summed E-state index contributed by atoms with van der Waals surface area (Å²) < 4.78 is 12.1. The molecule has 9 heteroatoms. The molecule has 2 aromatic carbocycles. The monoisotopic (exact) mass is 524 g/mol. The molecule has 204 valence electrons. The molecule has 0 spiro atoms. The number of hydrogen-bond donors (Lipinski definition) is 0. The van der Waals surface area contributed by atoms with E-state index in [2.05, 4.69) is 0 Å². The van der Waals surface area contributed by atoms with Crippen LogP contribution in [0.5, 0.6) is 0 Å². The summed E-state index contributed by atoms with van der Waals surface area (Å²) in [4.78, 5) is 36.4. The van der Waals surface area contributed by atoms with Gasteiger partial charge in [0.1, 0.15) is 12.2 Å². The van der Waals surface area contributed by atoms with Crippen molar-refractivity contribution in [3.8, 4) is 0 Å². The van der Waals surface area contributed by atoms with E-state index in [4.69, 9.17) is 9.47 Å². The fraction of sp³-hybridized carbons (Fsp3) is 0.552. The van der Waals surface area contributed by atoms with Crippen molar-refractivity contribution in [2.24, 2.45) is 10.8 Å². The zero-order chi connectivity index (χ0) is 27.3. The first-order chi connectivity index (χ1) is 18.3. The van der Waals surface area contributed by atoms with Crippen molar-refractivity contribution < 1.29 is 24.1 Å². The number of nitro benzene ring substituents is 2. The van der Waals surface area contributed by atoms with Gasteiger partial charge in [0, 0.05) is 23.0 Å². The van der Waals surface area contributed by atoms with Gasteiger partial charge in [-0.15, -0.1) is 0 Å². The van der Waals surface area contributed by atoms with Crippen molar-refractivity contribution in [3.63, 3.8) is 0 Å². The van der Waals surface area contributed by atoms with Crippen molar-refractivity contribution in [3.05, 3.63) is 79.9 Å². The van der Waals surface area contributed by atoms with Crippen LogP contribution in [0.2, 0.25) is 0 Å². The molecule has 4 rings (SSSR count). The molecule has 2 aliphatic carbocycles. The molecule has 2 saturated carbocycles. The highest BCUT2D eigenvalue weighted by Crippen LogP contribution is 2.58. The summed E-state index contributed by atoms with van der Waals surface area (Å²) in [5.74, 6) is 0. The number of rotatable bonds is 12. The lowest BCUT2D eigenvalue weighted by atomic mass is 9.61. The van der Waals surface area contributed by atoms with Crippen LogP contribution >= 0.6 is 0 Å². The minimum atomic E-state index is -0.943. The molecule has 0 amide bonds. The molecule has 0 bridgehead atoms. The van der Waals surface area contributed by atoms with E-state index < -0.39 is 39.0 Å². The summed E-state index contributed by atoms with van der Waals surface area (Å²) in [6, 6.07) is 12.8. The Morgan fingerprint density at radius 3 is 1.42 bits per heavy atom. The number of carbonyl (C=O) groups is 1. The standard InChI is InChI=1S/C29H36N2O7/c1-3-15-28(17-9-18-28)25(21-11-5-7-13-23(21)30(33)34)37-27(32)38-26(29(16-4-2)19-10-20-29)22-12-6-8-14-24(22)31(35)36/h5-8,11-14,25-26H,3-4,9-10,15-20H2,1-2H3. The van der Waals surface area contributed by atoms with E-state index in [0.29, 0.717) is 11.1 Å². The lowest BCUT2D eigenvalue weighted by Crippen LogP contribution is -2.41. The maximum atomic E-state index is 13.6. The van der Waals surface area contributed by atoms with E-state index >= 15 is 0 Å². The Hall–Kier alpha value is -3.49. The number of para-hydroxylation sites is 2. The predicted octanol–water partition coefficient (Wildman–Crippen LogP) is 8.38. The third-order valence-corrected chi connectivity index (χ3v) is 8.57. The molecule has 2 aromatic rings. The molecule has 2 aliphatic rings. The third kappa shape index (κ3) is 5.24. The van der Waals surface area contributed by atoms with Crippen molar-refractivity contribution in [1.82, 2.24) is 0 Å². The van der Waals surface area contributed by atoms with Crippen LogP contribution in [0.4, 0.5) is 16.2 Å². The van der Waals surface area contributed by atoms with Crippen LogP contribution < -0.4 is 0 Å². The Morgan fingerprint density at radius 2 is 1.13 bits per heavy atom. The smallest absolute Gasteiger partial charge is 0.425 e. The van der Waals surface area contributed by atoms with Crippen molar-refractivity contribution in [2.75, 3.05) is 0 Å². The fourth-order valence-electron chi connectivity index (χ4n) is 6.55. The molecule has 38 heavy (non-hydrogen) atoms. The Kier molecular flexibility index (Phi) is 8.33. The molecule has 0 N–H and O–H groups in total. The molecular weight excluding hydrogens is 488 g/mol. The number of benzene rings is 2. The lowest BCUT2D eigenvalue weighted by molar-refractivity contribution is -0.386. The van der Waals surface area contributed by atoms with Crippen LogP contribution in [0.3, 0.4) is 0 Å². The van der Waals surface area contributed by atoms with E-state index in [1.54, 1.807) is 36.4 Å². The largest absolute Gasteiger partial charge is 0.509 e. The van der Waals surface area contributed by atoms with Gasteiger partial charge in [0.25, 0.3) is 11.4 Å². The maximum absolute atomic E-state index is 13.6. The van der Waals surface area contributed by atoms with Crippen molar-refractivity contribution >= 4 is 17.5 Å². The summed E-state index contributed by atoms with van der Waals surface area (Å²) in [6.45, 7) is 4.09. The number of hydrogen-bond acceptors (Lipinski definition) is 7. The summed E-state index contributed by atoms with van der Waals surface area (Å²) in [7, 11) is 0. The zero-order valence-corrected chi connectivity index (χ0v) is 22.1. The van der Waals surface area contributed by atoms with Crippen molar-refractivity contribution in [2.45, 2.75) is 90.3 Å². The molecule has 2 fully saturated rings. The second-order valence-corrected chi connectivity index (χ2v) is 10.8. The molecule has 2 atom stereocenters. The minimum absolute atomic E-state index is 0.0932. The maximum Gasteiger partial charge on any atom is 0.509 e. The topological polar surface area (TPSA) is 122 Å². The zero-order valence-electron chi connectivity index (χ0n) is 22.1. The quantitative estimate of drug-likeness (QED) is 0.155. The van der Waals surface area contributed by atoms with Crippen molar-refractivity contribution in [1.29, 1.82) is 0 Å². The van der Waals surface area contributed by atoms with E-state index in [0.717, 1.165) is 64.2 Å². The van der Waals surface area contributed by atoms with Gasteiger partial charge in [0.05, 0.1) is 21.0 Å². The van der Waals surface area contributed by atoms with Gasteiger partial charge in [-0.25, -0.2) is 4.79 Å². The van der Waals surface area contributed by atoms with Gasteiger partial charge in [-0.1, -0.05) is 63.8 Å². The van der Waals surface area contributed by atoms with Crippen LogP contribution in [-0.2, 0) is 9.47 Å². The van der Waals surface area contributed by atoms with Crippen LogP contribution in [0.1, 0.15) is 101 Å². The summed E-state index contributed by atoms with van der Waals surface area (Å²) >= 11 is 0. The Morgan fingerprint density at radius 1 is 0.763 bits per heavy atom. The first-order valence-corrected chi connectivity index (χ1v) is 13.6. The number of nitro groups is 2. The lowest BCUT2D eigenvalue weighted by Gasteiger charge is -2.48. The van der Waals surface area contributed by atoms with Crippen LogP contribution in [0, 0.1) is 31.1 Å². The molecule has 0 heterocycles. The third-order valence-electron chi connectivity index (χ3n) is 8.57. The van der Waals surface area contributed by atoms with Gasteiger partial charge >= 0.3 is 6.16 Å². The van der Waals surface area contributed by atoms with Crippen LogP contribution in [0.25, 0.3) is 0 Å². The molecule has 2 unspecified atom stereocenters. The van der Waals surface area contributed by atoms with Crippen LogP contribution in [-0.4, -0.2) is 16.0 Å². The van der Waals surface area contributed by atoms with Crippen LogP contribution in [0.15, 0.2) is 48.5 Å². The summed E-state index contributed by atoms with van der Waals surface area (Å²) in [5.41, 5.74) is -0.292. The van der Waals surface area contributed by atoms with E-state index in [9.17, 15) is 25.0 Å². The normalized spacial score (nSPS) is 18.8. The average Bonchev–Trinajstić information content (AvgIpc) is 2.86. The summed E-state index contributed by atoms with van der Waals surface area (Å²) in [6.07, 6.45) is 5.62. The first-order valence-electron chi connectivity index (χ1n) is 13.6. The average molecular weight is 525 g/mol. The highest BCUT2D eigenvalue weighted by molar-refractivity contribution is 5.62. The minimum Gasteiger partial charge on any atom is -0.425 e. The molecule has 0 aromatic heterocycles. The Labute approximate surface area is 222 Å². The molecule has 9 nitrogen and oxygen atoms in total. The van der Waals surface area contributed by atoms with Gasteiger partial charge in [0.15, 0.2) is 0 Å². The van der Waals surface area contributed by atoms with Gasteiger partial charge in [-0.05, 0) is 50.7 Å².